The fourth-order valence-electron chi connectivity index (χ4n) is 2.98. The molecule has 0 aliphatic heterocycles. The minimum absolute atomic E-state index is 0.463. The SMILES string of the molecule is CCCC(C)(CC)[C@@H](CC)c1ccccc1. The highest BCUT2D eigenvalue weighted by Crippen LogP contribution is 2.44. The van der Waals surface area contributed by atoms with Crippen molar-refractivity contribution in [1.29, 1.82) is 0 Å². The van der Waals surface area contributed by atoms with Crippen molar-refractivity contribution in [2.24, 2.45) is 5.41 Å². The highest BCUT2D eigenvalue weighted by Gasteiger charge is 2.31. The molecule has 0 heterocycles. The molecule has 0 N–H and O–H groups in total. The van der Waals surface area contributed by atoms with Gasteiger partial charge >= 0.3 is 0 Å². The molecule has 1 rings (SSSR count). The normalized spacial score (nSPS) is 16.8. The van der Waals surface area contributed by atoms with Crippen LogP contribution in [0, 0.1) is 5.41 Å². The van der Waals surface area contributed by atoms with E-state index in [1.807, 2.05) is 0 Å². The predicted molar refractivity (Wildman–Crippen MR) is 72.8 cm³/mol. The number of hydrogen-bond acceptors (Lipinski definition) is 0. The monoisotopic (exact) mass is 218 g/mol. The van der Waals surface area contributed by atoms with Gasteiger partial charge in [-0.25, -0.2) is 0 Å². The van der Waals surface area contributed by atoms with Gasteiger partial charge in [0, 0.05) is 0 Å². The van der Waals surface area contributed by atoms with Gasteiger partial charge in [-0.2, -0.15) is 0 Å². The maximum absolute atomic E-state index is 2.46. The lowest BCUT2D eigenvalue weighted by Gasteiger charge is -2.37. The maximum Gasteiger partial charge on any atom is -0.0111 e. The zero-order chi connectivity index (χ0) is 12.0. The van der Waals surface area contributed by atoms with Crippen LogP contribution in [0.3, 0.4) is 0 Å². The van der Waals surface area contributed by atoms with Crippen LogP contribution in [0.25, 0.3) is 0 Å². The van der Waals surface area contributed by atoms with Crippen molar-refractivity contribution in [1.82, 2.24) is 0 Å². The van der Waals surface area contributed by atoms with E-state index in [0.717, 1.165) is 0 Å². The summed E-state index contributed by atoms with van der Waals surface area (Å²) >= 11 is 0. The van der Waals surface area contributed by atoms with Crippen molar-refractivity contribution in [3.8, 4) is 0 Å². The van der Waals surface area contributed by atoms with Gasteiger partial charge < -0.3 is 0 Å². The van der Waals surface area contributed by atoms with Gasteiger partial charge in [-0.3, -0.25) is 0 Å². The van der Waals surface area contributed by atoms with Crippen molar-refractivity contribution in [3.05, 3.63) is 35.9 Å². The van der Waals surface area contributed by atoms with Crippen LogP contribution in [-0.2, 0) is 0 Å². The van der Waals surface area contributed by atoms with E-state index in [-0.39, 0.29) is 0 Å². The molecule has 0 saturated carbocycles. The summed E-state index contributed by atoms with van der Waals surface area (Å²) in [6.07, 6.45) is 5.13. The molecule has 0 fully saturated rings. The van der Waals surface area contributed by atoms with Crippen molar-refractivity contribution in [3.63, 3.8) is 0 Å². The average Bonchev–Trinajstić information content (AvgIpc) is 2.31. The Labute approximate surface area is 101 Å². The quantitative estimate of drug-likeness (QED) is 0.600. The Morgan fingerprint density at radius 3 is 2.12 bits per heavy atom. The third-order valence-electron chi connectivity index (χ3n) is 4.08. The van der Waals surface area contributed by atoms with Crippen LogP contribution in [0.2, 0.25) is 0 Å². The van der Waals surface area contributed by atoms with Crippen LogP contribution in [-0.4, -0.2) is 0 Å². The molecule has 0 amide bonds. The molecule has 0 radical (unpaired) electrons. The minimum atomic E-state index is 0.463. The Bertz CT molecular complexity index is 288. The van der Waals surface area contributed by atoms with E-state index in [9.17, 15) is 0 Å². The fraction of sp³-hybridized carbons (Fsp3) is 0.625. The Hall–Kier alpha value is -0.780. The minimum Gasteiger partial charge on any atom is -0.0654 e. The highest BCUT2D eigenvalue weighted by molar-refractivity contribution is 5.21. The molecule has 16 heavy (non-hydrogen) atoms. The van der Waals surface area contributed by atoms with Crippen LogP contribution >= 0.6 is 0 Å². The first-order chi connectivity index (χ1) is 7.68. The van der Waals surface area contributed by atoms with Crippen molar-refractivity contribution in [2.45, 2.75) is 59.3 Å². The zero-order valence-corrected chi connectivity index (χ0v) is 11.3. The standard InChI is InChI=1S/C16H26/c1-5-13-16(4,7-3)15(6-2)14-11-9-8-10-12-14/h8-12,15H,5-7,13H2,1-4H3/t15-,16?/m0/s1. The van der Waals surface area contributed by atoms with Crippen LogP contribution in [0.4, 0.5) is 0 Å². The second-order valence-corrected chi connectivity index (χ2v) is 5.13. The third-order valence-corrected chi connectivity index (χ3v) is 4.08. The molecule has 0 aromatic heterocycles. The summed E-state index contributed by atoms with van der Waals surface area (Å²) in [5, 5.41) is 0. The summed E-state index contributed by atoms with van der Waals surface area (Å²) < 4.78 is 0. The molecule has 0 heteroatoms. The van der Waals surface area contributed by atoms with Crippen LogP contribution < -0.4 is 0 Å². The Balaban J connectivity index is 2.96. The van der Waals surface area contributed by atoms with E-state index in [2.05, 4.69) is 58.0 Å². The molecule has 0 aliphatic carbocycles. The molecule has 0 nitrogen and oxygen atoms in total. The third kappa shape index (κ3) is 2.87. The molecular formula is C16H26. The largest absolute Gasteiger partial charge is 0.0654 e. The summed E-state index contributed by atoms with van der Waals surface area (Å²) in [6.45, 7) is 9.41. The lowest BCUT2D eigenvalue weighted by molar-refractivity contribution is 0.213. The predicted octanol–water partition coefficient (Wildman–Crippen LogP) is 5.40. The van der Waals surface area contributed by atoms with Crippen molar-refractivity contribution in [2.75, 3.05) is 0 Å². The molecule has 0 aliphatic rings. The number of hydrogen-bond donors (Lipinski definition) is 0. The summed E-state index contributed by atoms with van der Waals surface area (Å²) in [5.41, 5.74) is 1.98. The maximum atomic E-state index is 2.46. The van der Waals surface area contributed by atoms with Gasteiger partial charge in [-0.15, -0.1) is 0 Å². The lowest BCUT2D eigenvalue weighted by Crippen LogP contribution is -2.24. The summed E-state index contributed by atoms with van der Waals surface area (Å²) in [4.78, 5) is 0. The van der Waals surface area contributed by atoms with E-state index in [1.54, 1.807) is 0 Å². The van der Waals surface area contributed by atoms with Crippen molar-refractivity contribution >= 4 is 0 Å². The van der Waals surface area contributed by atoms with Gasteiger partial charge in [0.25, 0.3) is 0 Å². The smallest absolute Gasteiger partial charge is 0.0111 e. The second-order valence-electron chi connectivity index (χ2n) is 5.13. The molecule has 0 spiro atoms. The average molecular weight is 218 g/mol. The second kappa shape index (κ2) is 6.08. The van der Waals surface area contributed by atoms with Crippen LogP contribution in [0.5, 0.6) is 0 Å². The highest BCUT2D eigenvalue weighted by atomic mass is 14.4. The van der Waals surface area contributed by atoms with Crippen LogP contribution in [0.15, 0.2) is 30.3 Å². The van der Waals surface area contributed by atoms with E-state index in [0.29, 0.717) is 11.3 Å². The zero-order valence-electron chi connectivity index (χ0n) is 11.3. The number of benzene rings is 1. The summed E-state index contributed by atoms with van der Waals surface area (Å²) in [5.74, 6) is 0.707. The summed E-state index contributed by atoms with van der Waals surface area (Å²) in [6, 6.07) is 11.0. The molecular weight excluding hydrogens is 192 g/mol. The topological polar surface area (TPSA) is 0 Å². The molecule has 1 aromatic carbocycles. The first-order valence-corrected chi connectivity index (χ1v) is 6.72. The molecule has 1 aromatic rings. The number of rotatable bonds is 6. The summed E-state index contributed by atoms with van der Waals surface area (Å²) in [7, 11) is 0. The van der Waals surface area contributed by atoms with Gasteiger partial charge in [0.15, 0.2) is 0 Å². The van der Waals surface area contributed by atoms with Gasteiger partial charge in [0.1, 0.15) is 0 Å². The van der Waals surface area contributed by atoms with Crippen LogP contribution in [0.1, 0.15) is 64.9 Å². The first kappa shape index (κ1) is 13.3. The lowest BCUT2D eigenvalue weighted by atomic mass is 9.68. The molecule has 2 atom stereocenters. The van der Waals surface area contributed by atoms with Gasteiger partial charge in [-0.1, -0.05) is 70.9 Å². The van der Waals surface area contributed by atoms with Gasteiger partial charge in [0.2, 0.25) is 0 Å². The molecule has 1 unspecified atom stereocenters. The molecule has 90 valence electrons. The first-order valence-electron chi connectivity index (χ1n) is 6.72. The van der Waals surface area contributed by atoms with E-state index >= 15 is 0 Å². The Morgan fingerprint density at radius 2 is 1.69 bits per heavy atom. The Morgan fingerprint density at radius 1 is 1.06 bits per heavy atom. The van der Waals surface area contributed by atoms with E-state index in [1.165, 1.54) is 31.2 Å². The van der Waals surface area contributed by atoms with Gasteiger partial charge in [-0.05, 0) is 29.7 Å². The van der Waals surface area contributed by atoms with E-state index < -0.39 is 0 Å². The molecule has 0 saturated heterocycles. The Kier molecular flexibility index (Phi) is 5.05. The van der Waals surface area contributed by atoms with E-state index in [4.69, 9.17) is 0 Å². The van der Waals surface area contributed by atoms with Crippen molar-refractivity contribution < 1.29 is 0 Å². The molecule has 0 bridgehead atoms. The fourth-order valence-corrected chi connectivity index (χ4v) is 2.98. The van der Waals surface area contributed by atoms with Gasteiger partial charge in [0.05, 0.1) is 0 Å².